The summed E-state index contributed by atoms with van der Waals surface area (Å²) in [7, 11) is 0. The van der Waals surface area contributed by atoms with E-state index in [2.05, 4.69) is 10.6 Å². The van der Waals surface area contributed by atoms with E-state index in [-0.39, 0.29) is 50.1 Å². The van der Waals surface area contributed by atoms with Gasteiger partial charge in [0.25, 0.3) is 0 Å². The summed E-state index contributed by atoms with van der Waals surface area (Å²) in [5.74, 6) is -0.856. The number of esters is 2. The van der Waals surface area contributed by atoms with E-state index < -0.39 is 30.4 Å². The molecule has 2 atom stereocenters. The molecule has 0 aliphatic carbocycles. The Labute approximate surface area is 180 Å². The zero-order valence-electron chi connectivity index (χ0n) is 19.7. The van der Waals surface area contributed by atoms with Crippen LogP contribution in [-0.4, -0.2) is 56.9 Å². The number of nitrogens with one attached hydrogen (secondary N) is 2. The largest absolute Gasteiger partial charge is 0.462 e. The van der Waals surface area contributed by atoms with Gasteiger partial charge < -0.3 is 29.6 Å². The quantitative estimate of drug-likeness (QED) is 0.320. The van der Waals surface area contributed by atoms with Crippen LogP contribution in [0.25, 0.3) is 0 Å². The topological polar surface area (TPSA) is 112 Å². The van der Waals surface area contributed by atoms with Crippen molar-refractivity contribution < 1.29 is 33.3 Å². The number of carbonyl (C=O) groups excluding carboxylic acids is 3. The van der Waals surface area contributed by atoms with Crippen LogP contribution in [0.3, 0.4) is 0 Å². The number of ether oxygens (including phenoxy) is 4. The van der Waals surface area contributed by atoms with Crippen LogP contribution in [0.4, 0.5) is 4.79 Å². The molecule has 2 amide bonds. The highest BCUT2D eigenvalue weighted by atomic mass is 16.6. The van der Waals surface area contributed by atoms with Crippen LogP contribution in [0.1, 0.15) is 55.4 Å². The van der Waals surface area contributed by atoms with Gasteiger partial charge in [-0.3, -0.25) is 0 Å². The standard InChI is InChI=1S/C21H40N2O7/c1-13(2)9-27-17(19(24)29-11-15(5)6)22-21(26)23-18(28-10-14(3)4)20(25)30-12-16(7)8/h13-18H,9-12H2,1-8H3,(H2,22,23,26)/t17-,18-/m0/s1. The molecule has 9 heteroatoms. The molecule has 9 nitrogen and oxygen atoms in total. The average Bonchev–Trinajstić information content (AvgIpc) is 2.63. The third-order valence-electron chi connectivity index (χ3n) is 3.26. The number of hydrogen-bond acceptors (Lipinski definition) is 7. The van der Waals surface area contributed by atoms with Crippen LogP contribution in [0, 0.1) is 23.7 Å². The lowest BCUT2D eigenvalue weighted by Crippen LogP contribution is -2.53. The van der Waals surface area contributed by atoms with Gasteiger partial charge in [-0.2, -0.15) is 0 Å². The highest BCUT2D eigenvalue weighted by Gasteiger charge is 2.28. The van der Waals surface area contributed by atoms with Crippen LogP contribution in [0.5, 0.6) is 0 Å². The van der Waals surface area contributed by atoms with Crippen LogP contribution in [-0.2, 0) is 28.5 Å². The Kier molecular flexibility index (Phi) is 14.1. The summed E-state index contributed by atoms with van der Waals surface area (Å²) in [6.07, 6.45) is -2.60. The van der Waals surface area contributed by atoms with E-state index in [1.807, 2.05) is 55.4 Å². The van der Waals surface area contributed by atoms with E-state index in [9.17, 15) is 14.4 Å². The van der Waals surface area contributed by atoms with Gasteiger partial charge in [0, 0.05) is 0 Å². The number of amides is 2. The van der Waals surface area contributed by atoms with Gasteiger partial charge in [0.15, 0.2) is 0 Å². The van der Waals surface area contributed by atoms with Crippen molar-refractivity contribution in [3.05, 3.63) is 0 Å². The van der Waals surface area contributed by atoms with Gasteiger partial charge in [-0.1, -0.05) is 55.4 Å². The molecule has 30 heavy (non-hydrogen) atoms. The van der Waals surface area contributed by atoms with Crippen molar-refractivity contribution in [2.45, 2.75) is 67.8 Å². The molecule has 0 spiro atoms. The molecule has 0 unspecified atom stereocenters. The zero-order valence-corrected chi connectivity index (χ0v) is 19.7. The molecule has 0 aromatic heterocycles. The Bertz CT molecular complexity index is 477. The van der Waals surface area contributed by atoms with E-state index in [0.29, 0.717) is 0 Å². The summed E-state index contributed by atoms with van der Waals surface area (Å²) in [4.78, 5) is 37.0. The van der Waals surface area contributed by atoms with Crippen molar-refractivity contribution in [2.24, 2.45) is 23.7 Å². The molecule has 0 aliphatic heterocycles. The van der Waals surface area contributed by atoms with Crippen molar-refractivity contribution in [3.8, 4) is 0 Å². The first-order chi connectivity index (χ1) is 13.9. The SMILES string of the molecule is CC(C)COC(=O)[C@@H](NC(=O)N[C@@H](OCC(C)C)C(=O)OCC(C)C)OCC(C)C. The molecule has 0 radical (unpaired) electrons. The van der Waals surface area contributed by atoms with E-state index in [0.717, 1.165) is 0 Å². The Balaban J connectivity index is 5.04. The summed E-state index contributed by atoms with van der Waals surface area (Å²) in [5, 5.41) is 4.80. The van der Waals surface area contributed by atoms with Crippen molar-refractivity contribution in [2.75, 3.05) is 26.4 Å². The summed E-state index contributed by atoms with van der Waals surface area (Å²) < 4.78 is 21.3. The lowest BCUT2D eigenvalue weighted by Gasteiger charge is -2.23. The Morgan fingerprint density at radius 1 is 0.567 bits per heavy atom. The maximum atomic E-state index is 12.4. The second kappa shape index (κ2) is 15.0. The Hall–Kier alpha value is -1.87. The molecule has 0 bridgehead atoms. The molecular weight excluding hydrogens is 392 g/mol. The first-order valence-corrected chi connectivity index (χ1v) is 10.6. The van der Waals surface area contributed by atoms with Crippen molar-refractivity contribution in [1.82, 2.24) is 10.6 Å². The Morgan fingerprint density at radius 2 is 0.867 bits per heavy atom. The lowest BCUT2D eigenvalue weighted by molar-refractivity contribution is -0.161. The minimum atomic E-state index is -1.30. The molecule has 0 rings (SSSR count). The van der Waals surface area contributed by atoms with Crippen molar-refractivity contribution in [3.63, 3.8) is 0 Å². The van der Waals surface area contributed by atoms with Crippen molar-refractivity contribution in [1.29, 1.82) is 0 Å². The third-order valence-corrected chi connectivity index (χ3v) is 3.26. The Morgan fingerprint density at radius 3 is 1.13 bits per heavy atom. The van der Waals surface area contributed by atoms with Gasteiger partial charge in [0.1, 0.15) is 0 Å². The van der Waals surface area contributed by atoms with Gasteiger partial charge in [0.2, 0.25) is 12.5 Å². The third kappa shape index (κ3) is 14.2. The average molecular weight is 433 g/mol. The number of carbonyl (C=O) groups is 3. The van der Waals surface area contributed by atoms with Crippen LogP contribution < -0.4 is 10.6 Å². The fourth-order valence-electron chi connectivity index (χ4n) is 1.84. The summed E-state index contributed by atoms with van der Waals surface area (Å²) in [5.41, 5.74) is 0. The normalized spacial score (nSPS) is 13.5. The fourth-order valence-corrected chi connectivity index (χ4v) is 1.84. The van der Waals surface area contributed by atoms with Gasteiger partial charge >= 0.3 is 18.0 Å². The second-order valence-electron chi connectivity index (χ2n) is 8.88. The predicted octanol–water partition coefficient (Wildman–Crippen LogP) is 2.68. The maximum absolute atomic E-state index is 12.4. The molecule has 0 aliphatic rings. The van der Waals surface area contributed by atoms with Gasteiger partial charge in [-0.05, 0) is 23.7 Å². The molecule has 0 saturated heterocycles. The molecular formula is C21H40N2O7. The fraction of sp³-hybridized carbons (Fsp3) is 0.857. The predicted molar refractivity (Wildman–Crippen MR) is 112 cm³/mol. The lowest BCUT2D eigenvalue weighted by atomic mass is 10.2. The highest BCUT2D eigenvalue weighted by Crippen LogP contribution is 2.04. The number of urea groups is 1. The molecule has 0 fully saturated rings. The van der Waals surface area contributed by atoms with Crippen LogP contribution in [0.2, 0.25) is 0 Å². The van der Waals surface area contributed by atoms with E-state index in [1.54, 1.807) is 0 Å². The maximum Gasteiger partial charge on any atom is 0.356 e. The van der Waals surface area contributed by atoms with E-state index >= 15 is 0 Å². The molecule has 0 heterocycles. The molecule has 0 saturated carbocycles. The first-order valence-electron chi connectivity index (χ1n) is 10.6. The molecule has 0 aromatic rings. The smallest absolute Gasteiger partial charge is 0.356 e. The van der Waals surface area contributed by atoms with Gasteiger partial charge in [-0.25, -0.2) is 14.4 Å². The van der Waals surface area contributed by atoms with Gasteiger partial charge in [-0.15, -0.1) is 0 Å². The minimum absolute atomic E-state index is 0.137. The van der Waals surface area contributed by atoms with E-state index in [1.165, 1.54) is 0 Å². The first kappa shape index (κ1) is 28.1. The van der Waals surface area contributed by atoms with E-state index in [4.69, 9.17) is 18.9 Å². The highest BCUT2D eigenvalue weighted by molar-refractivity contribution is 5.85. The zero-order chi connectivity index (χ0) is 23.3. The van der Waals surface area contributed by atoms with Gasteiger partial charge in [0.05, 0.1) is 26.4 Å². The monoisotopic (exact) mass is 432 g/mol. The second-order valence-corrected chi connectivity index (χ2v) is 8.88. The summed E-state index contributed by atoms with van der Waals surface area (Å²) >= 11 is 0. The number of rotatable bonds is 14. The van der Waals surface area contributed by atoms with Crippen molar-refractivity contribution >= 4 is 18.0 Å². The minimum Gasteiger partial charge on any atom is -0.462 e. The summed E-state index contributed by atoms with van der Waals surface area (Å²) in [6.45, 7) is 16.1. The molecule has 2 N–H and O–H groups in total. The molecule has 0 aromatic carbocycles. The number of hydrogen-bond donors (Lipinski definition) is 2. The van der Waals surface area contributed by atoms with Crippen LogP contribution in [0.15, 0.2) is 0 Å². The van der Waals surface area contributed by atoms with Crippen LogP contribution >= 0.6 is 0 Å². The summed E-state index contributed by atoms with van der Waals surface area (Å²) in [6, 6.07) is -0.805. The molecule has 176 valence electrons.